The van der Waals surface area contributed by atoms with E-state index in [2.05, 4.69) is 5.10 Å². The number of aryl methyl sites for hydroxylation is 2. The number of hydrogen-bond donors (Lipinski definition) is 2. The van der Waals surface area contributed by atoms with E-state index in [0.717, 1.165) is 34.1 Å². The van der Waals surface area contributed by atoms with E-state index in [1.807, 2.05) is 55.5 Å². The van der Waals surface area contributed by atoms with Gasteiger partial charge in [0.15, 0.2) is 5.82 Å². The largest absolute Gasteiger partial charge is 0.497 e. The van der Waals surface area contributed by atoms with Crippen molar-refractivity contribution in [3.63, 3.8) is 0 Å². The summed E-state index contributed by atoms with van der Waals surface area (Å²) in [7, 11) is 3.41. The number of benzene rings is 3. The summed E-state index contributed by atoms with van der Waals surface area (Å²) in [5.41, 5.74) is 15.9. The van der Waals surface area contributed by atoms with Crippen LogP contribution in [0.2, 0.25) is 0 Å². The molecule has 0 aliphatic heterocycles. The van der Waals surface area contributed by atoms with Crippen LogP contribution in [0.3, 0.4) is 0 Å². The first-order valence-corrected chi connectivity index (χ1v) is 11.7. The van der Waals surface area contributed by atoms with Crippen molar-refractivity contribution in [2.24, 2.45) is 7.05 Å². The first kappa shape index (κ1) is 23.3. The Hall–Kier alpha value is -4.46. The molecule has 0 saturated heterocycles. The molecule has 3 aromatic carbocycles. The Bertz CT molecular complexity index is 1560. The zero-order valence-electron chi connectivity index (χ0n) is 20.4. The molecule has 5 aromatic rings. The molecule has 0 fully saturated rings. The van der Waals surface area contributed by atoms with Gasteiger partial charge in [-0.25, -0.2) is 14.4 Å². The number of anilines is 2. The molecule has 1 unspecified atom stereocenters. The standard InChI is InChI=1S/C28H27FN6O/c1-4-16-5-12-23(29)22(13-16)25(24-15-18-14-19(30)8-11-21(18)26(31)32-24)28-33-27(34-35(28)2)17-6-9-20(36-3)10-7-17/h5-15,25H,4,30H2,1-3H3,(H2,31,32). The van der Waals surface area contributed by atoms with Crippen LogP contribution in [0.15, 0.2) is 66.7 Å². The molecule has 0 aliphatic rings. The van der Waals surface area contributed by atoms with Crippen molar-refractivity contribution >= 4 is 22.3 Å². The lowest BCUT2D eigenvalue weighted by Crippen LogP contribution is -2.14. The maximum absolute atomic E-state index is 15.4. The van der Waals surface area contributed by atoms with Gasteiger partial charge in [-0.05, 0) is 72.0 Å². The maximum atomic E-state index is 15.4. The second-order valence-corrected chi connectivity index (χ2v) is 8.70. The maximum Gasteiger partial charge on any atom is 0.181 e. The van der Waals surface area contributed by atoms with Crippen molar-refractivity contribution in [1.82, 2.24) is 19.7 Å². The van der Waals surface area contributed by atoms with Crippen molar-refractivity contribution in [1.29, 1.82) is 0 Å². The molecule has 0 aliphatic carbocycles. The van der Waals surface area contributed by atoms with Crippen LogP contribution in [-0.2, 0) is 13.5 Å². The van der Waals surface area contributed by atoms with Gasteiger partial charge in [-0.1, -0.05) is 19.1 Å². The third kappa shape index (κ3) is 4.22. The second kappa shape index (κ2) is 9.30. The number of halogens is 1. The minimum absolute atomic E-state index is 0.345. The summed E-state index contributed by atoms with van der Waals surface area (Å²) in [6.07, 6.45) is 0.764. The first-order chi connectivity index (χ1) is 17.4. The molecule has 1 atom stereocenters. The van der Waals surface area contributed by atoms with Crippen molar-refractivity contribution in [3.8, 4) is 17.1 Å². The summed E-state index contributed by atoms with van der Waals surface area (Å²) >= 11 is 0. The number of methoxy groups -OCH3 is 1. The van der Waals surface area contributed by atoms with E-state index in [0.29, 0.717) is 34.4 Å². The molecule has 0 saturated carbocycles. The summed E-state index contributed by atoms with van der Waals surface area (Å²) in [5, 5.41) is 6.25. The average Bonchev–Trinajstić information content (AvgIpc) is 3.26. The zero-order chi connectivity index (χ0) is 25.4. The SMILES string of the molecule is CCc1ccc(F)c(C(c2cc3cc(N)ccc3c(N)n2)c2nc(-c3ccc(OC)cc3)nn2C)c1. The zero-order valence-corrected chi connectivity index (χ0v) is 20.4. The van der Waals surface area contributed by atoms with E-state index in [1.165, 1.54) is 6.07 Å². The minimum Gasteiger partial charge on any atom is -0.497 e. The number of nitrogens with zero attached hydrogens (tertiary/aromatic N) is 4. The Kier molecular flexibility index (Phi) is 6.01. The third-order valence-corrected chi connectivity index (χ3v) is 6.38. The highest BCUT2D eigenvalue weighted by molar-refractivity contribution is 5.93. The third-order valence-electron chi connectivity index (χ3n) is 6.38. The second-order valence-electron chi connectivity index (χ2n) is 8.70. The fraction of sp³-hybridized carbons (Fsp3) is 0.179. The Labute approximate surface area is 208 Å². The van der Waals surface area contributed by atoms with Gasteiger partial charge in [0.25, 0.3) is 0 Å². The number of aromatic nitrogens is 4. The van der Waals surface area contributed by atoms with E-state index >= 15 is 4.39 Å². The molecule has 8 heteroatoms. The molecule has 0 bridgehead atoms. The number of rotatable bonds is 6. The molecule has 7 nitrogen and oxygen atoms in total. The lowest BCUT2D eigenvalue weighted by Gasteiger charge is -2.19. The fourth-order valence-corrected chi connectivity index (χ4v) is 4.45. The van der Waals surface area contributed by atoms with Gasteiger partial charge in [0.1, 0.15) is 23.2 Å². The van der Waals surface area contributed by atoms with Gasteiger partial charge in [0, 0.05) is 29.2 Å². The highest BCUT2D eigenvalue weighted by Crippen LogP contribution is 2.36. The van der Waals surface area contributed by atoms with Gasteiger partial charge in [0.2, 0.25) is 0 Å². The fourth-order valence-electron chi connectivity index (χ4n) is 4.45. The van der Waals surface area contributed by atoms with Crippen LogP contribution in [-0.4, -0.2) is 26.9 Å². The van der Waals surface area contributed by atoms with Crippen LogP contribution in [0.25, 0.3) is 22.2 Å². The Morgan fingerprint density at radius 2 is 1.75 bits per heavy atom. The van der Waals surface area contributed by atoms with Gasteiger partial charge in [-0.3, -0.25) is 4.68 Å². The minimum atomic E-state index is -0.644. The molecular formula is C28H27FN6O. The molecule has 0 spiro atoms. The summed E-state index contributed by atoms with van der Waals surface area (Å²) in [6.45, 7) is 2.03. The van der Waals surface area contributed by atoms with Gasteiger partial charge < -0.3 is 16.2 Å². The number of hydrogen-bond acceptors (Lipinski definition) is 6. The van der Waals surface area contributed by atoms with Gasteiger partial charge in [-0.15, -0.1) is 0 Å². The number of ether oxygens (including phenoxy) is 1. The number of nitrogen functional groups attached to an aromatic ring is 2. The average molecular weight is 483 g/mol. The summed E-state index contributed by atoms with van der Waals surface area (Å²) < 4.78 is 22.3. The van der Waals surface area contributed by atoms with Crippen LogP contribution >= 0.6 is 0 Å². The van der Waals surface area contributed by atoms with Gasteiger partial charge in [-0.2, -0.15) is 5.10 Å². The monoisotopic (exact) mass is 482 g/mol. The van der Waals surface area contributed by atoms with E-state index in [-0.39, 0.29) is 5.82 Å². The first-order valence-electron chi connectivity index (χ1n) is 11.7. The smallest absolute Gasteiger partial charge is 0.181 e. The van der Waals surface area contributed by atoms with Crippen LogP contribution in [0.1, 0.15) is 35.5 Å². The van der Waals surface area contributed by atoms with E-state index < -0.39 is 5.92 Å². The number of fused-ring (bicyclic) bond motifs is 1. The molecule has 0 amide bonds. The van der Waals surface area contributed by atoms with Crippen molar-refractivity contribution in [3.05, 3.63) is 95.2 Å². The normalized spacial score (nSPS) is 12.1. The van der Waals surface area contributed by atoms with E-state index in [1.54, 1.807) is 31.0 Å². The highest BCUT2D eigenvalue weighted by Gasteiger charge is 2.28. The quantitative estimate of drug-likeness (QED) is 0.327. The molecule has 4 N–H and O–H groups in total. The molecule has 0 radical (unpaired) electrons. The predicted octanol–water partition coefficient (Wildman–Crippen LogP) is 5.09. The van der Waals surface area contributed by atoms with Crippen LogP contribution < -0.4 is 16.2 Å². The Morgan fingerprint density at radius 1 is 0.972 bits per heavy atom. The lowest BCUT2D eigenvalue weighted by molar-refractivity contribution is 0.415. The Balaban J connectivity index is 1.73. The van der Waals surface area contributed by atoms with Crippen molar-refractivity contribution < 1.29 is 9.13 Å². The van der Waals surface area contributed by atoms with Gasteiger partial charge >= 0.3 is 0 Å². The molecule has 36 heavy (non-hydrogen) atoms. The van der Waals surface area contributed by atoms with E-state index in [4.69, 9.17) is 26.2 Å². The molecule has 182 valence electrons. The summed E-state index contributed by atoms with van der Waals surface area (Å²) in [5.74, 6) is 1.15. The molecule has 2 aromatic heterocycles. The molecule has 5 rings (SSSR count). The predicted molar refractivity (Wildman–Crippen MR) is 140 cm³/mol. The van der Waals surface area contributed by atoms with Crippen LogP contribution in [0.5, 0.6) is 5.75 Å². The van der Waals surface area contributed by atoms with Gasteiger partial charge in [0.05, 0.1) is 18.7 Å². The van der Waals surface area contributed by atoms with Crippen LogP contribution in [0, 0.1) is 5.82 Å². The van der Waals surface area contributed by atoms with Crippen molar-refractivity contribution in [2.75, 3.05) is 18.6 Å². The molecule has 2 heterocycles. The number of nitrogens with two attached hydrogens (primary N) is 2. The number of pyridine rings is 1. The highest BCUT2D eigenvalue weighted by atomic mass is 19.1. The summed E-state index contributed by atoms with van der Waals surface area (Å²) in [4.78, 5) is 9.55. The Morgan fingerprint density at radius 3 is 2.47 bits per heavy atom. The van der Waals surface area contributed by atoms with Crippen LogP contribution in [0.4, 0.5) is 15.9 Å². The van der Waals surface area contributed by atoms with E-state index in [9.17, 15) is 0 Å². The molecular weight excluding hydrogens is 455 g/mol. The topological polar surface area (TPSA) is 105 Å². The summed E-state index contributed by atoms with van der Waals surface area (Å²) in [6, 6.07) is 20.0. The lowest BCUT2D eigenvalue weighted by atomic mass is 9.91. The van der Waals surface area contributed by atoms with Crippen molar-refractivity contribution in [2.45, 2.75) is 19.3 Å².